The van der Waals surface area contributed by atoms with Crippen molar-refractivity contribution < 1.29 is 36.2 Å². The summed E-state index contributed by atoms with van der Waals surface area (Å²) >= 11 is 0. The number of nitrogens with zero attached hydrogens (tertiary/aromatic N) is 2. The number of aromatic nitrogens is 2. The third-order valence-electron chi connectivity index (χ3n) is 3.95. The number of aliphatic hydroxyl groups is 1. The zero-order valence-corrected chi connectivity index (χ0v) is 16.1. The number of hydrogen-bond acceptors (Lipinski definition) is 6. The molecule has 0 radical (unpaired) electrons. The highest BCUT2D eigenvalue weighted by Crippen LogP contribution is 2.32. The van der Waals surface area contributed by atoms with Crippen LogP contribution in [0.2, 0.25) is 0 Å². The SMILES string of the molecule is OCCNc1nc(Nc2cccc(C(F)(F)F)c2)cc(-c2cccc(OC(F)(F)F)c2)n1. The number of hydrogen-bond donors (Lipinski definition) is 3. The summed E-state index contributed by atoms with van der Waals surface area (Å²) in [5.74, 6) is -0.379. The molecule has 3 N–H and O–H groups in total. The van der Waals surface area contributed by atoms with Gasteiger partial charge in [0.2, 0.25) is 5.95 Å². The Morgan fingerprint density at radius 1 is 0.906 bits per heavy atom. The van der Waals surface area contributed by atoms with E-state index in [1.54, 1.807) is 0 Å². The summed E-state index contributed by atoms with van der Waals surface area (Å²) in [4.78, 5) is 8.32. The minimum atomic E-state index is -4.88. The molecule has 12 heteroatoms. The monoisotopic (exact) mass is 458 g/mol. The van der Waals surface area contributed by atoms with Crippen molar-refractivity contribution in [2.75, 3.05) is 23.8 Å². The van der Waals surface area contributed by atoms with Gasteiger partial charge >= 0.3 is 12.5 Å². The van der Waals surface area contributed by atoms with Gasteiger partial charge in [-0.05, 0) is 30.3 Å². The second-order valence-corrected chi connectivity index (χ2v) is 6.39. The van der Waals surface area contributed by atoms with Crippen molar-refractivity contribution in [3.8, 4) is 17.0 Å². The fourth-order valence-electron chi connectivity index (χ4n) is 2.68. The standard InChI is InChI=1S/C20H16F6N4O2/c21-19(22,23)13-4-2-5-14(10-13)28-17-11-16(29-18(30-17)27-7-8-31)12-3-1-6-15(9-12)32-20(24,25)26/h1-6,9-11,31H,7-8H2,(H2,27,28,29,30). The molecule has 1 aromatic heterocycles. The van der Waals surface area contributed by atoms with Gasteiger partial charge in [0, 0.05) is 23.9 Å². The second-order valence-electron chi connectivity index (χ2n) is 6.39. The third kappa shape index (κ3) is 6.48. The molecule has 170 valence electrons. The molecule has 0 aliphatic heterocycles. The highest BCUT2D eigenvalue weighted by Gasteiger charge is 2.31. The quantitative estimate of drug-likeness (QED) is 0.422. The van der Waals surface area contributed by atoms with E-state index in [9.17, 15) is 26.3 Å². The predicted octanol–water partition coefficient (Wildman–Crippen LogP) is 5.21. The van der Waals surface area contributed by atoms with E-state index in [1.165, 1.54) is 30.3 Å². The summed E-state index contributed by atoms with van der Waals surface area (Å²) in [6.07, 6.45) is -9.42. The summed E-state index contributed by atoms with van der Waals surface area (Å²) in [7, 11) is 0. The summed E-state index contributed by atoms with van der Waals surface area (Å²) < 4.78 is 80.4. The van der Waals surface area contributed by atoms with Crippen molar-refractivity contribution in [3.63, 3.8) is 0 Å². The Morgan fingerprint density at radius 3 is 2.34 bits per heavy atom. The molecule has 0 saturated heterocycles. The molecule has 3 rings (SSSR count). The first kappa shape index (κ1) is 23.1. The lowest BCUT2D eigenvalue weighted by Gasteiger charge is -2.13. The first-order valence-electron chi connectivity index (χ1n) is 9.08. The zero-order chi connectivity index (χ0) is 23.4. The van der Waals surface area contributed by atoms with Crippen LogP contribution in [0, 0.1) is 0 Å². The summed E-state index contributed by atoms with van der Waals surface area (Å²) in [5.41, 5.74) is -0.366. The Labute approximate surface area is 177 Å². The van der Waals surface area contributed by atoms with Gasteiger partial charge in [0.15, 0.2) is 0 Å². The van der Waals surface area contributed by atoms with Crippen molar-refractivity contribution >= 4 is 17.5 Å². The number of ether oxygens (including phenoxy) is 1. The van der Waals surface area contributed by atoms with Crippen LogP contribution in [-0.4, -0.2) is 34.6 Å². The number of anilines is 3. The van der Waals surface area contributed by atoms with Gasteiger partial charge in [-0.3, -0.25) is 0 Å². The number of benzene rings is 2. The second kappa shape index (κ2) is 9.30. The Morgan fingerprint density at radius 2 is 1.66 bits per heavy atom. The minimum absolute atomic E-state index is 0.00756. The fourth-order valence-corrected chi connectivity index (χ4v) is 2.68. The van der Waals surface area contributed by atoms with Crippen molar-refractivity contribution in [1.29, 1.82) is 0 Å². The number of halogens is 6. The highest BCUT2D eigenvalue weighted by atomic mass is 19.4. The van der Waals surface area contributed by atoms with Gasteiger partial charge in [-0.1, -0.05) is 18.2 Å². The lowest BCUT2D eigenvalue weighted by Crippen LogP contribution is -2.17. The topological polar surface area (TPSA) is 79.3 Å². The number of nitrogens with one attached hydrogen (secondary N) is 2. The van der Waals surface area contributed by atoms with Crippen LogP contribution in [0.1, 0.15) is 5.56 Å². The van der Waals surface area contributed by atoms with E-state index in [-0.39, 0.29) is 41.9 Å². The molecule has 6 nitrogen and oxygen atoms in total. The van der Waals surface area contributed by atoms with Gasteiger partial charge in [0.1, 0.15) is 11.6 Å². The van der Waals surface area contributed by atoms with E-state index in [0.29, 0.717) is 0 Å². The zero-order valence-electron chi connectivity index (χ0n) is 16.1. The maximum absolute atomic E-state index is 13.0. The molecule has 0 fully saturated rings. The Hall–Kier alpha value is -3.54. The Bertz CT molecular complexity index is 1070. The van der Waals surface area contributed by atoms with Crippen LogP contribution in [-0.2, 0) is 6.18 Å². The molecular weight excluding hydrogens is 442 g/mol. The maximum atomic E-state index is 13.0. The van der Waals surface area contributed by atoms with E-state index in [2.05, 4.69) is 25.3 Å². The predicted molar refractivity (Wildman–Crippen MR) is 104 cm³/mol. The van der Waals surface area contributed by atoms with Gasteiger partial charge in [-0.2, -0.15) is 18.2 Å². The van der Waals surface area contributed by atoms with Crippen LogP contribution < -0.4 is 15.4 Å². The van der Waals surface area contributed by atoms with Crippen LogP contribution in [0.4, 0.5) is 43.8 Å². The lowest BCUT2D eigenvalue weighted by atomic mass is 10.1. The molecule has 32 heavy (non-hydrogen) atoms. The molecule has 0 aliphatic carbocycles. The molecule has 0 spiro atoms. The molecule has 1 heterocycles. The van der Waals surface area contributed by atoms with Crippen LogP contribution in [0.3, 0.4) is 0 Å². The molecule has 3 aromatic rings. The van der Waals surface area contributed by atoms with E-state index < -0.39 is 23.9 Å². The average Bonchev–Trinajstić information content (AvgIpc) is 2.70. The van der Waals surface area contributed by atoms with Crippen LogP contribution in [0.5, 0.6) is 5.75 Å². The summed E-state index contributed by atoms with van der Waals surface area (Å²) in [6, 6.07) is 10.8. The molecule has 0 amide bonds. The Balaban J connectivity index is 1.97. The largest absolute Gasteiger partial charge is 0.573 e. The molecule has 0 atom stereocenters. The minimum Gasteiger partial charge on any atom is -0.406 e. The van der Waals surface area contributed by atoms with Crippen molar-refractivity contribution in [2.45, 2.75) is 12.5 Å². The van der Waals surface area contributed by atoms with E-state index in [0.717, 1.165) is 24.3 Å². The highest BCUT2D eigenvalue weighted by molar-refractivity contribution is 5.68. The molecule has 2 aromatic carbocycles. The van der Waals surface area contributed by atoms with Gasteiger partial charge in [0.25, 0.3) is 0 Å². The van der Waals surface area contributed by atoms with Crippen molar-refractivity contribution in [2.24, 2.45) is 0 Å². The fraction of sp³-hybridized carbons (Fsp3) is 0.200. The van der Waals surface area contributed by atoms with Gasteiger partial charge in [-0.15, -0.1) is 13.2 Å². The van der Waals surface area contributed by atoms with E-state index >= 15 is 0 Å². The molecule has 0 saturated carbocycles. The van der Waals surface area contributed by atoms with Crippen molar-refractivity contribution in [1.82, 2.24) is 9.97 Å². The molecule has 0 aliphatic rings. The number of rotatable bonds is 7. The summed E-state index contributed by atoms with van der Waals surface area (Å²) in [5, 5.41) is 14.5. The lowest BCUT2D eigenvalue weighted by molar-refractivity contribution is -0.274. The molecule has 0 unspecified atom stereocenters. The molecule has 0 bridgehead atoms. The van der Waals surface area contributed by atoms with Gasteiger partial charge in [-0.25, -0.2) is 4.98 Å². The van der Waals surface area contributed by atoms with Gasteiger partial charge in [0.05, 0.1) is 17.9 Å². The maximum Gasteiger partial charge on any atom is 0.573 e. The van der Waals surface area contributed by atoms with E-state index in [4.69, 9.17) is 5.11 Å². The van der Waals surface area contributed by atoms with Crippen LogP contribution in [0.25, 0.3) is 11.3 Å². The first-order valence-corrected chi connectivity index (χ1v) is 9.08. The molecular formula is C20H16F6N4O2. The number of alkyl halides is 6. The Kier molecular flexibility index (Phi) is 6.72. The van der Waals surface area contributed by atoms with Crippen LogP contribution in [0.15, 0.2) is 54.6 Å². The smallest absolute Gasteiger partial charge is 0.406 e. The number of aliphatic hydroxyl groups excluding tert-OH is 1. The summed E-state index contributed by atoms with van der Waals surface area (Å²) in [6.45, 7) is -0.178. The third-order valence-corrected chi connectivity index (χ3v) is 3.95. The van der Waals surface area contributed by atoms with E-state index in [1.807, 2.05) is 0 Å². The van der Waals surface area contributed by atoms with Crippen LogP contribution >= 0.6 is 0 Å². The average molecular weight is 458 g/mol. The normalized spacial score (nSPS) is 11.8. The van der Waals surface area contributed by atoms with Gasteiger partial charge < -0.3 is 20.5 Å². The first-order chi connectivity index (χ1) is 15.0. The van der Waals surface area contributed by atoms with Crippen molar-refractivity contribution in [3.05, 3.63) is 60.2 Å².